The van der Waals surface area contributed by atoms with Gasteiger partial charge in [0.05, 0.1) is 36.0 Å². The zero-order valence-electron chi connectivity index (χ0n) is 24.9. The summed E-state index contributed by atoms with van der Waals surface area (Å²) < 4.78 is 19.2. The minimum Gasteiger partial charge on any atom is -0.504 e. The first-order valence-corrected chi connectivity index (χ1v) is 15.3. The number of primary amides is 1. The van der Waals surface area contributed by atoms with Gasteiger partial charge in [0.2, 0.25) is 11.8 Å². The Labute approximate surface area is 272 Å². The summed E-state index contributed by atoms with van der Waals surface area (Å²) in [6.45, 7) is 0. The van der Waals surface area contributed by atoms with Crippen LogP contribution in [0, 0.1) is 29.5 Å². The Hall–Kier alpha value is -5.23. The molecular formula is C34H28ClFN4O7. The van der Waals surface area contributed by atoms with Gasteiger partial charge >= 0.3 is 6.03 Å². The number of nitrogens with zero attached hydrogens (tertiary/aromatic N) is 2. The number of phenols is 1. The molecular weight excluding hydrogens is 631 g/mol. The molecule has 2 aliphatic carbocycles. The zero-order chi connectivity index (χ0) is 33.4. The quantitative estimate of drug-likeness (QED) is 0.271. The fourth-order valence-electron chi connectivity index (χ4n) is 8.15. The number of aromatic hydroxyl groups is 1. The van der Waals surface area contributed by atoms with Crippen LogP contribution in [0.5, 0.6) is 11.5 Å². The summed E-state index contributed by atoms with van der Waals surface area (Å²) in [5.41, 5.74) is 8.10. The fourth-order valence-corrected chi connectivity index (χ4v) is 8.28. The maximum absolute atomic E-state index is 15.0. The van der Waals surface area contributed by atoms with Crippen molar-refractivity contribution in [1.82, 2.24) is 9.91 Å². The molecule has 2 saturated heterocycles. The smallest absolute Gasteiger partial charge is 0.328 e. The number of halogens is 2. The second-order valence-corrected chi connectivity index (χ2v) is 12.6. The van der Waals surface area contributed by atoms with Crippen molar-refractivity contribution in [3.8, 4) is 11.5 Å². The molecule has 2 aliphatic heterocycles. The SMILES string of the molecule is COc1cccc(C2C3=CCC4C(=O)N(C(N)=O)C(=O)C4C3CC3C(=O)N(Nc4ccc(F)cc4)C(=O)C32c2ccc(Cl)cc2)c1O. The molecule has 0 spiro atoms. The predicted molar refractivity (Wildman–Crippen MR) is 165 cm³/mol. The summed E-state index contributed by atoms with van der Waals surface area (Å²) in [5.74, 6) is -8.33. The van der Waals surface area contributed by atoms with Crippen molar-refractivity contribution < 1.29 is 38.2 Å². The van der Waals surface area contributed by atoms with E-state index in [4.69, 9.17) is 22.1 Å². The number of fused-ring (bicyclic) bond motifs is 4. The van der Waals surface area contributed by atoms with E-state index >= 15 is 4.79 Å². The van der Waals surface area contributed by atoms with Crippen LogP contribution in [0.4, 0.5) is 14.9 Å². The Balaban J connectivity index is 1.49. The number of urea groups is 1. The van der Waals surface area contributed by atoms with Gasteiger partial charge in [-0.1, -0.05) is 47.5 Å². The highest BCUT2D eigenvalue weighted by molar-refractivity contribution is 6.30. The molecule has 3 aromatic rings. The number of nitrogens with one attached hydrogen (secondary N) is 1. The summed E-state index contributed by atoms with van der Waals surface area (Å²) in [7, 11) is 1.38. The number of nitrogens with two attached hydrogens (primary N) is 1. The van der Waals surface area contributed by atoms with Crippen molar-refractivity contribution >= 4 is 46.9 Å². The zero-order valence-corrected chi connectivity index (χ0v) is 25.6. The van der Waals surface area contributed by atoms with E-state index in [1.54, 1.807) is 48.5 Å². The predicted octanol–water partition coefficient (Wildman–Crippen LogP) is 4.26. The molecule has 3 fully saturated rings. The van der Waals surface area contributed by atoms with Gasteiger partial charge in [-0.15, -0.1) is 0 Å². The van der Waals surface area contributed by atoms with Gasteiger partial charge in [0.25, 0.3) is 11.8 Å². The molecule has 6 unspecified atom stereocenters. The van der Waals surface area contributed by atoms with Crippen molar-refractivity contribution in [2.24, 2.45) is 29.4 Å². The average molecular weight is 659 g/mol. The monoisotopic (exact) mass is 658 g/mol. The second kappa shape index (κ2) is 10.9. The van der Waals surface area contributed by atoms with Crippen LogP contribution in [0.2, 0.25) is 5.02 Å². The van der Waals surface area contributed by atoms with E-state index in [9.17, 15) is 28.7 Å². The molecule has 11 nitrogen and oxygen atoms in total. The van der Waals surface area contributed by atoms with Gasteiger partial charge in [0.1, 0.15) is 5.82 Å². The van der Waals surface area contributed by atoms with E-state index < -0.39 is 70.5 Å². The van der Waals surface area contributed by atoms with Crippen LogP contribution in [-0.4, -0.2) is 51.8 Å². The van der Waals surface area contributed by atoms with Gasteiger partial charge < -0.3 is 15.6 Å². The lowest BCUT2D eigenvalue weighted by atomic mass is 9.49. The van der Waals surface area contributed by atoms with E-state index in [1.807, 2.05) is 0 Å². The number of carbonyl (C=O) groups excluding carboxylic acids is 5. The Morgan fingerprint density at radius 1 is 1.00 bits per heavy atom. The maximum Gasteiger partial charge on any atom is 0.328 e. The molecule has 6 amide bonds. The standard InChI is InChI=1S/C34H28ClFN4O7/c1-47-25-4-2-3-22(28(25)41)27-20-13-14-21-26(31(44)39(29(21)42)33(37)46)23(20)15-24-30(43)40(38-19-11-9-18(36)10-12-19)32(45)34(24,27)16-5-7-17(35)8-6-16/h2-13,21,23-24,26-27,38,41H,14-15H2,1H3,(H2,37,46). The molecule has 3 aromatic carbocycles. The highest BCUT2D eigenvalue weighted by atomic mass is 35.5. The van der Waals surface area contributed by atoms with Crippen LogP contribution in [0.25, 0.3) is 0 Å². The molecule has 4 N–H and O–H groups in total. The Morgan fingerprint density at radius 2 is 1.70 bits per heavy atom. The van der Waals surface area contributed by atoms with E-state index in [-0.39, 0.29) is 35.6 Å². The number of para-hydroxylation sites is 1. The molecule has 6 atom stereocenters. The topological polar surface area (TPSA) is 159 Å². The third kappa shape index (κ3) is 4.27. The molecule has 13 heteroatoms. The molecule has 240 valence electrons. The number of anilines is 1. The Bertz CT molecular complexity index is 1900. The second-order valence-electron chi connectivity index (χ2n) is 12.1. The third-order valence-electron chi connectivity index (χ3n) is 10.0. The molecule has 0 aromatic heterocycles. The molecule has 0 radical (unpaired) electrons. The fraction of sp³-hybridized carbons (Fsp3) is 0.265. The first-order chi connectivity index (χ1) is 22.5. The summed E-state index contributed by atoms with van der Waals surface area (Å²) in [6, 6.07) is 15.2. The van der Waals surface area contributed by atoms with E-state index in [0.717, 1.165) is 5.01 Å². The Kier molecular flexibility index (Phi) is 7.08. The molecule has 4 aliphatic rings. The number of hydrogen-bond acceptors (Lipinski definition) is 8. The van der Waals surface area contributed by atoms with Gasteiger partial charge in [-0.2, -0.15) is 9.91 Å². The van der Waals surface area contributed by atoms with Crippen molar-refractivity contribution in [3.05, 3.63) is 100 Å². The lowest BCUT2D eigenvalue weighted by molar-refractivity contribution is -0.139. The number of hydrazine groups is 1. The van der Waals surface area contributed by atoms with Crippen LogP contribution < -0.4 is 15.9 Å². The van der Waals surface area contributed by atoms with E-state index in [0.29, 0.717) is 21.1 Å². The lowest BCUT2D eigenvalue weighted by Crippen LogP contribution is -2.53. The number of methoxy groups -OCH3 is 1. The number of allylic oxidation sites excluding steroid dienone is 2. The van der Waals surface area contributed by atoms with Gasteiger partial charge in [-0.3, -0.25) is 24.6 Å². The van der Waals surface area contributed by atoms with Crippen molar-refractivity contribution in [3.63, 3.8) is 0 Å². The highest BCUT2D eigenvalue weighted by Crippen LogP contribution is 2.65. The Morgan fingerprint density at radius 3 is 2.36 bits per heavy atom. The van der Waals surface area contributed by atoms with Crippen LogP contribution >= 0.6 is 11.6 Å². The first kappa shape index (κ1) is 30.4. The summed E-state index contributed by atoms with van der Waals surface area (Å²) >= 11 is 6.28. The lowest BCUT2D eigenvalue weighted by Gasteiger charge is -2.50. The number of carbonyl (C=O) groups is 5. The molecule has 7 rings (SSSR count). The first-order valence-electron chi connectivity index (χ1n) is 14.9. The van der Waals surface area contributed by atoms with Crippen LogP contribution in [0.15, 0.2) is 78.4 Å². The highest BCUT2D eigenvalue weighted by Gasteiger charge is 2.71. The summed E-state index contributed by atoms with van der Waals surface area (Å²) in [5, 5.41) is 12.9. The maximum atomic E-state index is 15.0. The third-order valence-corrected chi connectivity index (χ3v) is 10.3. The number of hydrogen-bond donors (Lipinski definition) is 3. The van der Waals surface area contributed by atoms with Crippen LogP contribution in [0.1, 0.15) is 29.9 Å². The minimum atomic E-state index is -1.69. The number of rotatable bonds is 5. The molecule has 47 heavy (non-hydrogen) atoms. The number of ether oxygens (including phenoxy) is 1. The number of imide groups is 4. The van der Waals surface area contributed by atoms with Gasteiger partial charge in [0, 0.05) is 16.5 Å². The van der Waals surface area contributed by atoms with Gasteiger partial charge in [-0.25, -0.2) is 9.18 Å². The van der Waals surface area contributed by atoms with E-state index in [1.165, 1.54) is 31.4 Å². The van der Waals surface area contributed by atoms with Crippen molar-refractivity contribution in [2.75, 3.05) is 12.5 Å². The average Bonchev–Trinajstić information content (AvgIpc) is 3.44. The summed E-state index contributed by atoms with van der Waals surface area (Å²) in [6.07, 6.45) is 1.79. The number of amides is 6. The van der Waals surface area contributed by atoms with Crippen LogP contribution in [-0.2, 0) is 24.6 Å². The van der Waals surface area contributed by atoms with E-state index in [2.05, 4.69) is 5.43 Å². The van der Waals surface area contributed by atoms with Crippen molar-refractivity contribution in [1.29, 1.82) is 0 Å². The largest absolute Gasteiger partial charge is 0.504 e. The number of benzene rings is 3. The molecule has 2 heterocycles. The van der Waals surface area contributed by atoms with Crippen LogP contribution in [0.3, 0.4) is 0 Å². The summed E-state index contributed by atoms with van der Waals surface area (Å²) in [4.78, 5) is 69.2. The molecule has 1 saturated carbocycles. The normalized spacial score (nSPS) is 28.1. The number of phenolic OH excluding ortho intramolecular Hbond substituents is 1. The van der Waals surface area contributed by atoms with Crippen molar-refractivity contribution in [2.45, 2.75) is 24.2 Å². The van der Waals surface area contributed by atoms with Gasteiger partial charge in [0.15, 0.2) is 11.5 Å². The molecule has 0 bridgehead atoms. The number of likely N-dealkylation sites (tertiary alicyclic amines) is 1. The van der Waals surface area contributed by atoms with Gasteiger partial charge in [-0.05, 0) is 66.8 Å². The minimum absolute atomic E-state index is 0.0470.